The highest BCUT2D eigenvalue weighted by Crippen LogP contribution is 2.13. The van der Waals surface area contributed by atoms with E-state index in [2.05, 4.69) is 14.9 Å². The summed E-state index contributed by atoms with van der Waals surface area (Å²) in [7, 11) is 2.05. The Morgan fingerprint density at radius 3 is 2.79 bits per heavy atom. The maximum atomic E-state index is 5.70. The lowest BCUT2D eigenvalue weighted by Crippen LogP contribution is -2.22. The largest absolute Gasteiger partial charge is 0.359 e. The van der Waals surface area contributed by atoms with E-state index in [9.17, 15) is 0 Å². The van der Waals surface area contributed by atoms with Gasteiger partial charge >= 0.3 is 0 Å². The van der Waals surface area contributed by atoms with Gasteiger partial charge in [0.05, 0.1) is 0 Å². The normalized spacial score (nSPS) is 10.5. The molecule has 0 aliphatic rings. The summed E-state index contributed by atoms with van der Waals surface area (Å²) in [4.78, 5) is 11.0. The van der Waals surface area contributed by atoms with Crippen molar-refractivity contribution in [3.63, 3.8) is 0 Å². The summed E-state index contributed by atoms with van der Waals surface area (Å²) >= 11 is 0. The number of nitrogens with zero attached hydrogens (tertiary/aromatic N) is 3. The van der Waals surface area contributed by atoms with Crippen molar-refractivity contribution in [3.8, 4) is 0 Å². The van der Waals surface area contributed by atoms with Crippen LogP contribution in [-0.4, -0.2) is 23.6 Å². The van der Waals surface area contributed by atoms with Crippen LogP contribution in [0.2, 0.25) is 0 Å². The van der Waals surface area contributed by atoms with E-state index in [1.54, 1.807) is 0 Å². The Kier molecular flexibility index (Phi) is 4.47. The molecule has 100 valence electrons. The molecule has 0 spiro atoms. The highest BCUT2D eigenvalue weighted by atomic mass is 15.2. The summed E-state index contributed by atoms with van der Waals surface area (Å²) in [5, 5.41) is 0. The number of hydrogen-bond donors (Lipinski definition) is 1. The molecule has 2 N–H and O–H groups in total. The van der Waals surface area contributed by atoms with Crippen molar-refractivity contribution < 1.29 is 0 Å². The first-order valence-corrected chi connectivity index (χ1v) is 6.47. The Labute approximate surface area is 114 Å². The van der Waals surface area contributed by atoms with Gasteiger partial charge in [0.1, 0.15) is 5.82 Å². The van der Waals surface area contributed by atoms with Gasteiger partial charge in [0, 0.05) is 44.1 Å². The van der Waals surface area contributed by atoms with E-state index in [0.717, 1.165) is 35.7 Å². The Morgan fingerprint density at radius 1 is 1.26 bits per heavy atom. The van der Waals surface area contributed by atoms with E-state index in [0.29, 0.717) is 6.54 Å². The van der Waals surface area contributed by atoms with Gasteiger partial charge in [0.15, 0.2) is 0 Å². The van der Waals surface area contributed by atoms with E-state index in [-0.39, 0.29) is 0 Å². The van der Waals surface area contributed by atoms with Crippen LogP contribution in [0.4, 0.5) is 5.82 Å². The van der Waals surface area contributed by atoms with Crippen LogP contribution in [-0.2, 0) is 13.0 Å². The van der Waals surface area contributed by atoms with Gasteiger partial charge in [-0.2, -0.15) is 0 Å². The molecule has 0 unspecified atom stereocenters. The molecule has 2 heterocycles. The molecule has 2 aromatic rings. The fourth-order valence-electron chi connectivity index (χ4n) is 1.98. The lowest BCUT2D eigenvalue weighted by atomic mass is 10.2. The van der Waals surface area contributed by atoms with Crippen molar-refractivity contribution >= 4 is 5.82 Å². The maximum absolute atomic E-state index is 5.70. The Hall–Kier alpha value is -1.94. The van der Waals surface area contributed by atoms with Gasteiger partial charge < -0.3 is 10.6 Å². The molecule has 4 nitrogen and oxygen atoms in total. The minimum Gasteiger partial charge on any atom is -0.359 e. The molecular formula is C15H20N4. The number of likely N-dealkylation sites (N-methyl/N-ethyl adjacent to an activating group) is 1. The van der Waals surface area contributed by atoms with Crippen LogP contribution in [0.1, 0.15) is 17.0 Å². The molecule has 0 saturated heterocycles. The molecule has 0 aromatic carbocycles. The van der Waals surface area contributed by atoms with Crippen molar-refractivity contribution in [2.45, 2.75) is 19.9 Å². The SMILES string of the molecule is Cc1cc(CN)cc(N(C)CCc2ccccn2)n1. The number of rotatable bonds is 5. The van der Waals surface area contributed by atoms with E-state index in [4.69, 9.17) is 5.73 Å². The fourth-order valence-corrected chi connectivity index (χ4v) is 1.98. The van der Waals surface area contributed by atoms with Crippen LogP contribution in [0.5, 0.6) is 0 Å². The highest BCUT2D eigenvalue weighted by molar-refractivity contribution is 5.42. The fraction of sp³-hybridized carbons (Fsp3) is 0.333. The Morgan fingerprint density at radius 2 is 2.11 bits per heavy atom. The van der Waals surface area contributed by atoms with Crippen LogP contribution in [0, 0.1) is 6.92 Å². The van der Waals surface area contributed by atoms with Crippen molar-refractivity contribution in [3.05, 3.63) is 53.5 Å². The average molecular weight is 256 g/mol. The molecule has 19 heavy (non-hydrogen) atoms. The van der Waals surface area contributed by atoms with Gasteiger partial charge in [-0.05, 0) is 36.8 Å². The predicted octanol–water partition coefficient (Wildman–Crippen LogP) is 1.92. The lowest BCUT2D eigenvalue weighted by molar-refractivity contribution is 0.833. The second-order valence-electron chi connectivity index (χ2n) is 4.67. The molecule has 0 fully saturated rings. The Bertz CT molecular complexity index is 525. The van der Waals surface area contributed by atoms with Gasteiger partial charge in [0.2, 0.25) is 0 Å². The summed E-state index contributed by atoms with van der Waals surface area (Å²) in [6.45, 7) is 3.43. The van der Waals surface area contributed by atoms with E-state index < -0.39 is 0 Å². The minimum atomic E-state index is 0.546. The second-order valence-corrected chi connectivity index (χ2v) is 4.67. The number of aryl methyl sites for hydroxylation is 1. The zero-order valence-electron chi connectivity index (χ0n) is 11.5. The van der Waals surface area contributed by atoms with E-state index >= 15 is 0 Å². The summed E-state index contributed by atoms with van der Waals surface area (Å²) in [5.41, 5.74) is 8.91. The summed E-state index contributed by atoms with van der Waals surface area (Å²) in [6, 6.07) is 10.1. The molecule has 0 aliphatic heterocycles. The van der Waals surface area contributed by atoms with Crippen LogP contribution >= 0.6 is 0 Å². The van der Waals surface area contributed by atoms with E-state index in [1.165, 1.54) is 0 Å². The van der Waals surface area contributed by atoms with Crippen LogP contribution in [0.3, 0.4) is 0 Å². The predicted molar refractivity (Wildman–Crippen MR) is 78.1 cm³/mol. The van der Waals surface area contributed by atoms with Crippen molar-refractivity contribution in [1.82, 2.24) is 9.97 Å². The monoisotopic (exact) mass is 256 g/mol. The molecule has 0 bridgehead atoms. The molecule has 2 rings (SSSR count). The third-order valence-electron chi connectivity index (χ3n) is 3.06. The molecule has 2 aromatic heterocycles. The van der Waals surface area contributed by atoms with Gasteiger partial charge in [0.25, 0.3) is 0 Å². The van der Waals surface area contributed by atoms with Crippen LogP contribution in [0.25, 0.3) is 0 Å². The molecular weight excluding hydrogens is 236 g/mol. The zero-order chi connectivity index (χ0) is 13.7. The first kappa shape index (κ1) is 13.5. The highest BCUT2D eigenvalue weighted by Gasteiger charge is 2.05. The van der Waals surface area contributed by atoms with Crippen LogP contribution < -0.4 is 10.6 Å². The number of hydrogen-bond acceptors (Lipinski definition) is 4. The summed E-state index contributed by atoms with van der Waals surface area (Å²) < 4.78 is 0. The van der Waals surface area contributed by atoms with Gasteiger partial charge in [-0.15, -0.1) is 0 Å². The van der Waals surface area contributed by atoms with Gasteiger partial charge in [-0.1, -0.05) is 6.07 Å². The quantitative estimate of drug-likeness (QED) is 0.888. The van der Waals surface area contributed by atoms with Gasteiger partial charge in [-0.25, -0.2) is 4.98 Å². The first-order valence-electron chi connectivity index (χ1n) is 6.47. The number of anilines is 1. The third kappa shape index (κ3) is 3.76. The lowest BCUT2D eigenvalue weighted by Gasteiger charge is -2.19. The van der Waals surface area contributed by atoms with Crippen molar-refractivity contribution in [2.75, 3.05) is 18.5 Å². The summed E-state index contributed by atoms with van der Waals surface area (Å²) in [6.07, 6.45) is 2.73. The molecule has 0 saturated carbocycles. The molecule has 0 amide bonds. The van der Waals surface area contributed by atoms with Crippen molar-refractivity contribution in [1.29, 1.82) is 0 Å². The molecule has 0 atom stereocenters. The molecule has 0 radical (unpaired) electrons. The number of nitrogens with two attached hydrogens (primary N) is 1. The topological polar surface area (TPSA) is 55.0 Å². The number of aromatic nitrogens is 2. The first-order chi connectivity index (χ1) is 9.19. The third-order valence-corrected chi connectivity index (χ3v) is 3.06. The zero-order valence-corrected chi connectivity index (χ0v) is 11.5. The average Bonchev–Trinajstić information content (AvgIpc) is 2.45. The summed E-state index contributed by atoms with van der Waals surface area (Å²) in [5.74, 6) is 0.969. The smallest absolute Gasteiger partial charge is 0.128 e. The minimum absolute atomic E-state index is 0.546. The maximum Gasteiger partial charge on any atom is 0.128 e. The standard InChI is InChI=1S/C15H20N4/c1-12-9-13(11-16)10-15(18-12)19(2)8-6-14-5-3-4-7-17-14/h3-5,7,9-10H,6,8,11,16H2,1-2H3. The van der Waals surface area contributed by atoms with Crippen LogP contribution in [0.15, 0.2) is 36.5 Å². The Balaban J connectivity index is 2.03. The molecule has 4 heteroatoms. The molecule has 0 aliphatic carbocycles. The van der Waals surface area contributed by atoms with Gasteiger partial charge in [-0.3, -0.25) is 4.98 Å². The van der Waals surface area contributed by atoms with E-state index in [1.807, 2.05) is 50.5 Å². The van der Waals surface area contributed by atoms with Crippen molar-refractivity contribution in [2.24, 2.45) is 5.73 Å². The number of pyridine rings is 2. The second kappa shape index (κ2) is 6.29.